The van der Waals surface area contributed by atoms with E-state index in [9.17, 15) is 9.59 Å². The average Bonchev–Trinajstić information content (AvgIpc) is 3.28. The second kappa shape index (κ2) is 10.3. The van der Waals surface area contributed by atoms with E-state index in [0.717, 1.165) is 19.4 Å². The highest BCUT2D eigenvalue weighted by atomic mass is 35.5. The molecule has 1 aromatic rings. The molecule has 1 aliphatic rings. The summed E-state index contributed by atoms with van der Waals surface area (Å²) in [5.41, 5.74) is 0. The molecule has 2 rings (SSSR count). The van der Waals surface area contributed by atoms with Crippen LogP contribution in [0, 0.1) is 0 Å². The molecular formula is C18H25ClN2O4. The predicted octanol–water partition coefficient (Wildman–Crippen LogP) is 2.43. The van der Waals surface area contributed by atoms with Crippen LogP contribution in [-0.4, -0.2) is 59.8 Å². The van der Waals surface area contributed by atoms with Crippen LogP contribution in [-0.2, 0) is 20.9 Å². The van der Waals surface area contributed by atoms with Crippen molar-refractivity contribution in [2.45, 2.75) is 31.9 Å². The molecule has 1 fully saturated rings. The Labute approximate surface area is 153 Å². The molecule has 0 spiro atoms. The van der Waals surface area contributed by atoms with E-state index in [1.165, 1.54) is 4.90 Å². The zero-order valence-corrected chi connectivity index (χ0v) is 15.1. The van der Waals surface area contributed by atoms with Crippen molar-refractivity contribution in [3.8, 4) is 0 Å². The first kappa shape index (κ1) is 19.5. The number of alkyl halides is 1. The van der Waals surface area contributed by atoms with Gasteiger partial charge < -0.3 is 19.0 Å². The predicted molar refractivity (Wildman–Crippen MR) is 95.2 cm³/mol. The molecule has 1 aromatic heterocycles. The maximum absolute atomic E-state index is 12.8. The third kappa shape index (κ3) is 6.21. The molecule has 0 aliphatic carbocycles. The number of rotatable bonds is 10. The number of hydrogen-bond donors (Lipinski definition) is 0. The Morgan fingerprint density at radius 1 is 1.36 bits per heavy atom. The maximum atomic E-state index is 12.8. The molecule has 1 saturated heterocycles. The normalized spacial score (nSPS) is 16.6. The topological polar surface area (TPSA) is 63.0 Å². The van der Waals surface area contributed by atoms with Gasteiger partial charge in [-0.15, -0.1) is 18.2 Å². The van der Waals surface area contributed by atoms with Crippen LogP contribution in [0.5, 0.6) is 0 Å². The summed E-state index contributed by atoms with van der Waals surface area (Å²) >= 11 is 5.65. The average molecular weight is 369 g/mol. The first-order valence-corrected chi connectivity index (χ1v) is 9.04. The van der Waals surface area contributed by atoms with Gasteiger partial charge in [0.15, 0.2) is 0 Å². The molecule has 0 unspecified atom stereocenters. The molecule has 1 aliphatic heterocycles. The Morgan fingerprint density at radius 2 is 2.20 bits per heavy atom. The van der Waals surface area contributed by atoms with Crippen molar-refractivity contribution < 1.29 is 18.7 Å². The Morgan fingerprint density at radius 3 is 2.80 bits per heavy atom. The summed E-state index contributed by atoms with van der Waals surface area (Å²) in [4.78, 5) is 28.1. The van der Waals surface area contributed by atoms with Gasteiger partial charge >= 0.3 is 0 Å². The first-order chi connectivity index (χ1) is 12.1. The van der Waals surface area contributed by atoms with Crippen molar-refractivity contribution in [1.29, 1.82) is 0 Å². The molecule has 0 N–H and O–H groups in total. The van der Waals surface area contributed by atoms with E-state index in [1.807, 2.05) is 6.07 Å². The summed E-state index contributed by atoms with van der Waals surface area (Å²) < 4.78 is 11.0. The van der Waals surface area contributed by atoms with E-state index in [-0.39, 0.29) is 36.8 Å². The van der Waals surface area contributed by atoms with Gasteiger partial charge in [0.25, 0.3) is 0 Å². The SMILES string of the molecule is C=CCN(CC(=O)N(Cc1ccco1)C[C@H]1CCCO1)C(=O)CCCl. The number of halogens is 1. The molecule has 7 heteroatoms. The standard InChI is InChI=1S/C18H25ClN2O4/c1-2-9-20(17(22)7-8-19)14-18(23)21(12-15-5-3-10-24-15)13-16-6-4-11-25-16/h2-3,5,10,16H,1,4,6-9,11-14H2/t16-/m1/s1. The van der Waals surface area contributed by atoms with Crippen molar-refractivity contribution in [1.82, 2.24) is 9.80 Å². The smallest absolute Gasteiger partial charge is 0.242 e. The van der Waals surface area contributed by atoms with E-state index < -0.39 is 0 Å². The van der Waals surface area contributed by atoms with Crippen LogP contribution in [0.2, 0.25) is 0 Å². The van der Waals surface area contributed by atoms with Crippen LogP contribution in [0.4, 0.5) is 0 Å². The molecule has 1 atom stereocenters. The zero-order valence-electron chi connectivity index (χ0n) is 14.4. The van der Waals surface area contributed by atoms with Crippen molar-refractivity contribution in [2.75, 3.05) is 32.1 Å². The highest BCUT2D eigenvalue weighted by Gasteiger charge is 2.25. The zero-order chi connectivity index (χ0) is 18.1. The molecule has 0 saturated carbocycles. The van der Waals surface area contributed by atoms with E-state index in [2.05, 4.69) is 6.58 Å². The number of furan rings is 1. The van der Waals surface area contributed by atoms with E-state index in [4.69, 9.17) is 20.8 Å². The third-order valence-corrected chi connectivity index (χ3v) is 4.25. The highest BCUT2D eigenvalue weighted by molar-refractivity contribution is 6.18. The second-order valence-corrected chi connectivity index (χ2v) is 6.37. The Balaban J connectivity index is 2.03. The lowest BCUT2D eigenvalue weighted by Crippen LogP contribution is -2.45. The minimum atomic E-state index is -0.154. The second-order valence-electron chi connectivity index (χ2n) is 5.99. The van der Waals surface area contributed by atoms with Crippen molar-refractivity contribution >= 4 is 23.4 Å². The molecule has 138 valence electrons. The largest absolute Gasteiger partial charge is 0.467 e. The molecular weight excluding hydrogens is 344 g/mol. The lowest BCUT2D eigenvalue weighted by Gasteiger charge is -2.28. The van der Waals surface area contributed by atoms with Crippen molar-refractivity contribution in [3.05, 3.63) is 36.8 Å². The number of amides is 2. The molecule has 0 bridgehead atoms. The van der Waals surface area contributed by atoms with Crippen LogP contribution in [0.15, 0.2) is 35.5 Å². The number of nitrogens with zero attached hydrogens (tertiary/aromatic N) is 2. The summed E-state index contributed by atoms with van der Waals surface area (Å²) in [6, 6.07) is 3.62. The Hall–Kier alpha value is -1.79. The quantitative estimate of drug-likeness (QED) is 0.470. The summed E-state index contributed by atoms with van der Waals surface area (Å²) in [6.07, 6.45) is 5.36. The molecule has 2 heterocycles. The fourth-order valence-corrected chi connectivity index (χ4v) is 2.95. The maximum Gasteiger partial charge on any atom is 0.242 e. The van der Waals surface area contributed by atoms with E-state index in [0.29, 0.717) is 25.4 Å². The van der Waals surface area contributed by atoms with Crippen LogP contribution < -0.4 is 0 Å². The van der Waals surface area contributed by atoms with Crippen LogP contribution in [0.1, 0.15) is 25.0 Å². The van der Waals surface area contributed by atoms with Gasteiger partial charge in [-0.3, -0.25) is 9.59 Å². The number of ether oxygens (including phenoxy) is 1. The van der Waals surface area contributed by atoms with Gasteiger partial charge in [0.05, 0.1) is 18.9 Å². The monoisotopic (exact) mass is 368 g/mol. The highest BCUT2D eigenvalue weighted by Crippen LogP contribution is 2.16. The number of carbonyl (C=O) groups is 2. The van der Waals surface area contributed by atoms with Crippen molar-refractivity contribution in [2.24, 2.45) is 0 Å². The van der Waals surface area contributed by atoms with Gasteiger partial charge in [0, 0.05) is 32.0 Å². The minimum absolute atomic E-state index is 0.00479. The molecule has 2 amide bonds. The summed E-state index contributed by atoms with van der Waals surface area (Å²) in [7, 11) is 0. The molecule has 6 nitrogen and oxygen atoms in total. The van der Waals surface area contributed by atoms with E-state index >= 15 is 0 Å². The molecule has 0 aromatic carbocycles. The van der Waals surface area contributed by atoms with E-state index in [1.54, 1.807) is 23.3 Å². The summed E-state index contributed by atoms with van der Waals surface area (Å²) in [6.45, 7) is 5.54. The fourth-order valence-electron chi connectivity index (χ4n) is 2.79. The van der Waals surface area contributed by atoms with Gasteiger partial charge in [0.2, 0.25) is 11.8 Å². The van der Waals surface area contributed by atoms with Crippen LogP contribution in [0.3, 0.4) is 0 Å². The lowest BCUT2D eigenvalue weighted by molar-refractivity contribution is -0.141. The Bertz CT molecular complexity index is 555. The van der Waals surface area contributed by atoms with Gasteiger partial charge in [-0.2, -0.15) is 0 Å². The fraction of sp³-hybridized carbons (Fsp3) is 0.556. The first-order valence-electron chi connectivity index (χ1n) is 8.50. The summed E-state index contributed by atoms with van der Waals surface area (Å²) in [5.74, 6) is 0.635. The van der Waals surface area contributed by atoms with Crippen molar-refractivity contribution in [3.63, 3.8) is 0 Å². The van der Waals surface area contributed by atoms with Gasteiger partial charge in [-0.05, 0) is 25.0 Å². The summed E-state index contributed by atoms with van der Waals surface area (Å²) in [5, 5.41) is 0. The minimum Gasteiger partial charge on any atom is -0.467 e. The Kier molecular flexibility index (Phi) is 8.01. The lowest BCUT2D eigenvalue weighted by atomic mass is 10.2. The van der Waals surface area contributed by atoms with Gasteiger partial charge in [0.1, 0.15) is 12.3 Å². The van der Waals surface area contributed by atoms with Crippen LogP contribution >= 0.6 is 11.6 Å². The van der Waals surface area contributed by atoms with Gasteiger partial charge in [-0.1, -0.05) is 6.08 Å². The number of hydrogen-bond acceptors (Lipinski definition) is 4. The third-order valence-electron chi connectivity index (χ3n) is 4.06. The van der Waals surface area contributed by atoms with Crippen LogP contribution in [0.25, 0.3) is 0 Å². The molecule has 25 heavy (non-hydrogen) atoms. The van der Waals surface area contributed by atoms with Gasteiger partial charge in [-0.25, -0.2) is 0 Å². The molecule has 0 radical (unpaired) electrons. The number of carbonyl (C=O) groups excluding carboxylic acids is 2.